The summed E-state index contributed by atoms with van der Waals surface area (Å²) in [4.78, 5) is 11.7. The number of hydrogen-bond acceptors (Lipinski definition) is 1. The monoisotopic (exact) mass is 315 g/mol. The van der Waals surface area contributed by atoms with E-state index in [2.05, 4.69) is 34.8 Å². The molecule has 80 valence electrons. The van der Waals surface area contributed by atoms with E-state index < -0.39 is 0 Å². The molecule has 1 fully saturated rings. The van der Waals surface area contributed by atoms with Crippen LogP contribution in [-0.2, 0) is 0 Å². The molecule has 0 bridgehead atoms. The maximum atomic E-state index is 11.7. The third-order valence-corrected chi connectivity index (χ3v) is 3.63. The fourth-order valence-corrected chi connectivity index (χ4v) is 1.97. The Balaban J connectivity index is 1.87. The molecule has 1 aromatic rings. The van der Waals surface area contributed by atoms with E-state index in [9.17, 15) is 4.79 Å². The molecule has 0 heterocycles. The van der Waals surface area contributed by atoms with Crippen molar-refractivity contribution in [3.63, 3.8) is 0 Å². The van der Waals surface area contributed by atoms with Gasteiger partial charge in [-0.3, -0.25) is 4.79 Å². The lowest BCUT2D eigenvalue weighted by Gasteiger charge is -2.04. The summed E-state index contributed by atoms with van der Waals surface area (Å²) in [6.07, 6.45) is 1.26. The van der Waals surface area contributed by atoms with Crippen LogP contribution in [0.15, 0.2) is 24.3 Å². The van der Waals surface area contributed by atoms with Crippen LogP contribution in [0.25, 0.3) is 0 Å². The molecule has 0 saturated heterocycles. The maximum absolute atomic E-state index is 11.7. The number of amides is 1. The van der Waals surface area contributed by atoms with Crippen LogP contribution < -0.4 is 5.32 Å². The maximum Gasteiger partial charge on any atom is 0.251 e. The van der Waals surface area contributed by atoms with Crippen LogP contribution in [0.2, 0.25) is 0 Å². The van der Waals surface area contributed by atoms with Crippen LogP contribution in [0.1, 0.15) is 23.7 Å². The highest BCUT2D eigenvalue weighted by Gasteiger charge is 2.32. The van der Waals surface area contributed by atoms with Crippen molar-refractivity contribution in [2.24, 2.45) is 11.8 Å². The normalized spacial score (nSPS) is 23.6. The van der Waals surface area contributed by atoms with Crippen molar-refractivity contribution in [1.29, 1.82) is 0 Å². The molecule has 2 nitrogen and oxygen atoms in total. The van der Waals surface area contributed by atoms with Crippen molar-refractivity contribution < 1.29 is 4.79 Å². The molecule has 15 heavy (non-hydrogen) atoms. The molecule has 0 spiro atoms. The highest BCUT2D eigenvalue weighted by Crippen LogP contribution is 2.36. The summed E-state index contributed by atoms with van der Waals surface area (Å²) >= 11 is 2.23. The van der Waals surface area contributed by atoms with E-state index in [1.54, 1.807) is 0 Å². The topological polar surface area (TPSA) is 29.1 Å². The average molecular weight is 315 g/mol. The van der Waals surface area contributed by atoms with Crippen LogP contribution >= 0.6 is 22.6 Å². The lowest BCUT2D eigenvalue weighted by Crippen LogP contribution is -2.25. The van der Waals surface area contributed by atoms with Crippen LogP contribution in [0.4, 0.5) is 0 Å². The van der Waals surface area contributed by atoms with Gasteiger partial charge in [-0.2, -0.15) is 0 Å². The average Bonchev–Trinajstić information content (AvgIpc) is 2.92. The minimum Gasteiger partial charge on any atom is -0.352 e. The van der Waals surface area contributed by atoms with Gasteiger partial charge < -0.3 is 5.32 Å². The summed E-state index contributed by atoms with van der Waals surface area (Å²) in [5, 5.41) is 2.97. The molecule has 1 aliphatic rings. The van der Waals surface area contributed by atoms with Gasteiger partial charge in [0.25, 0.3) is 5.91 Å². The predicted molar refractivity (Wildman–Crippen MR) is 68.8 cm³/mol. The molecule has 3 heteroatoms. The molecule has 0 aliphatic heterocycles. The first-order valence-electron chi connectivity index (χ1n) is 5.20. The standard InChI is InChI=1S/C12H14INO/c1-8-6-10(8)7-14-12(15)9-2-4-11(13)5-3-9/h2-5,8,10H,6-7H2,1H3,(H,14,15). The Hall–Kier alpha value is -0.580. The summed E-state index contributed by atoms with van der Waals surface area (Å²) in [5.74, 6) is 1.55. The van der Waals surface area contributed by atoms with Crippen molar-refractivity contribution in [2.75, 3.05) is 6.54 Å². The first kappa shape index (κ1) is 10.9. The lowest BCUT2D eigenvalue weighted by atomic mass is 10.2. The second kappa shape index (κ2) is 4.51. The van der Waals surface area contributed by atoms with Crippen molar-refractivity contribution >= 4 is 28.5 Å². The van der Waals surface area contributed by atoms with Crippen LogP contribution in [0, 0.1) is 15.4 Å². The van der Waals surface area contributed by atoms with E-state index in [-0.39, 0.29) is 5.91 Å². The van der Waals surface area contributed by atoms with E-state index >= 15 is 0 Å². The third kappa shape index (κ3) is 2.93. The Labute approximate surface area is 104 Å². The summed E-state index contributed by atoms with van der Waals surface area (Å²) in [7, 11) is 0. The fourth-order valence-electron chi connectivity index (χ4n) is 1.61. The van der Waals surface area contributed by atoms with Gasteiger partial charge in [0.15, 0.2) is 0 Å². The molecule has 2 atom stereocenters. The van der Waals surface area contributed by atoms with E-state index in [1.165, 1.54) is 6.42 Å². The van der Waals surface area contributed by atoms with Crippen LogP contribution in [-0.4, -0.2) is 12.5 Å². The smallest absolute Gasteiger partial charge is 0.251 e. The second-order valence-corrected chi connectivity index (χ2v) is 5.44. The molecule has 1 saturated carbocycles. The Morgan fingerprint density at radius 3 is 2.60 bits per heavy atom. The Kier molecular flexibility index (Phi) is 3.29. The van der Waals surface area contributed by atoms with Gasteiger partial charge in [-0.1, -0.05) is 6.92 Å². The van der Waals surface area contributed by atoms with Crippen LogP contribution in [0.3, 0.4) is 0 Å². The lowest BCUT2D eigenvalue weighted by molar-refractivity contribution is 0.0951. The number of nitrogens with one attached hydrogen (secondary N) is 1. The number of carbonyl (C=O) groups excluding carboxylic acids is 1. The first-order valence-corrected chi connectivity index (χ1v) is 6.28. The zero-order chi connectivity index (χ0) is 10.8. The summed E-state index contributed by atoms with van der Waals surface area (Å²) in [6.45, 7) is 3.05. The quantitative estimate of drug-likeness (QED) is 0.854. The molecule has 0 radical (unpaired) electrons. The van der Waals surface area contributed by atoms with Gasteiger partial charge in [-0.05, 0) is 65.1 Å². The highest BCUT2D eigenvalue weighted by molar-refractivity contribution is 14.1. The number of carbonyl (C=O) groups is 1. The minimum absolute atomic E-state index is 0.0468. The van der Waals surface area contributed by atoms with Gasteiger partial charge in [-0.25, -0.2) is 0 Å². The van der Waals surface area contributed by atoms with Crippen molar-refractivity contribution in [2.45, 2.75) is 13.3 Å². The first-order chi connectivity index (χ1) is 7.16. The summed E-state index contributed by atoms with van der Waals surface area (Å²) in [6, 6.07) is 7.64. The van der Waals surface area contributed by atoms with E-state index in [4.69, 9.17) is 0 Å². The molecular weight excluding hydrogens is 301 g/mol. The fraction of sp³-hybridized carbons (Fsp3) is 0.417. The highest BCUT2D eigenvalue weighted by atomic mass is 127. The van der Waals surface area contributed by atoms with Gasteiger partial charge in [-0.15, -0.1) is 0 Å². The van der Waals surface area contributed by atoms with Gasteiger partial charge in [0, 0.05) is 15.7 Å². The minimum atomic E-state index is 0.0468. The third-order valence-electron chi connectivity index (χ3n) is 2.91. The van der Waals surface area contributed by atoms with Crippen molar-refractivity contribution in [1.82, 2.24) is 5.32 Å². The Bertz CT molecular complexity index is 360. The summed E-state index contributed by atoms with van der Waals surface area (Å²) in [5.41, 5.74) is 0.753. The second-order valence-electron chi connectivity index (χ2n) is 4.19. The number of halogens is 1. The molecule has 2 unspecified atom stereocenters. The van der Waals surface area contributed by atoms with Gasteiger partial charge >= 0.3 is 0 Å². The van der Waals surface area contributed by atoms with Crippen LogP contribution in [0.5, 0.6) is 0 Å². The number of rotatable bonds is 3. The predicted octanol–water partition coefficient (Wildman–Crippen LogP) is 2.68. The number of hydrogen-bond donors (Lipinski definition) is 1. The molecule has 2 rings (SSSR count). The Morgan fingerprint density at radius 1 is 1.47 bits per heavy atom. The van der Waals surface area contributed by atoms with E-state index in [0.29, 0.717) is 5.92 Å². The van der Waals surface area contributed by atoms with Gasteiger partial charge in [0.1, 0.15) is 0 Å². The molecule has 1 amide bonds. The van der Waals surface area contributed by atoms with Crippen molar-refractivity contribution in [3.05, 3.63) is 33.4 Å². The summed E-state index contributed by atoms with van der Waals surface area (Å²) < 4.78 is 1.15. The molecular formula is C12H14INO. The zero-order valence-corrected chi connectivity index (χ0v) is 10.8. The molecule has 1 aromatic carbocycles. The SMILES string of the molecule is CC1CC1CNC(=O)c1ccc(I)cc1. The zero-order valence-electron chi connectivity index (χ0n) is 8.66. The molecule has 1 N–H and O–H groups in total. The molecule has 0 aromatic heterocycles. The largest absolute Gasteiger partial charge is 0.352 e. The molecule has 1 aliphatic carbocycles. The van der Waals surface area contributed by atoms with E-state index in [0.717, 1.165) is 21.6 Å². The van der Waals surface area contributed by atoms with Gasteiger partial charge in [0.2, 0.25) is 0 Å². The number of benzene rings is 1. The van der Waals surface area contributed by atoms with Crippen molar-refractivity contribution in [3.8, 4) is 0 Å². The van der Waals surface area contributed by atoms with E-state index in [1.807, 2.05) is 24.3 Å². The van der Waals surface area contributed by atoms with Gasteiger partial charge in [0.05, 0.1) is 0 Å². The Morgan fingerprint density at radius 2 is 2.07 bits per heavy atom.